The van der Waals surface area contributed by atoms with Gasteiger partial charge in [0.1, 0.15) is 0 Å². The van der Waals surface area contributed by atoms with Gasteiger partial charge in [0.15, 0.2) is 0 Å². The van der Waals surface area contributed by atoms with Crippen molar-refractivity contribution in [1.82, 2.24) is 9.44 Å². The maximum Gasteiger partial charge on any atom is 0.301 e. The minimum absolute atomic E-state index is 0.0156. The third-order valence-electron chi connectivity index (χ3n) is 1.71. The van der Waals surface area contributed by atoms with Crippen LogP contribution in [0.3, 0.4) is 0 Å². The van der Waals surface area contributed by atoms with Crippen LogP contribution in [0.15, 0.2) is 0 Å². The van der Waals surface area contributed by atoms with Crippen LogP contribution in [0.1, 0.15) is 26.2 Å². The molecule has 0 unspecified atom stereocenters. The van der Waals surface area contributed by atoms with Gasteiger partial charge in [-0.1, -0.05) is 6.42 Å². The van der Waals surface area contributed by atoms with Gasteiger partial charge in [0.2, 0.25) is 5.91 Å². The van der Waals surface area contributed by atoms with Crippen LogP contribution in [-0.4, -0.2) is 20.4 Å². The van der Waals surface area contributed by atoms with Gasteiger partial charge < -0.3 is 0 Å². The van der Waals surface area contributed by atoms with Crippen LogP contribution in [0.25, 0.3) is 0 Å². The van der Waals surface area contributed by atoms with Gasteiger partial charge in [-0.05, 0) is 12.8 Å². The van der Waals surface area contributed by atoms with E-state index in [1.54, 1.807) is 0 Å². The second-order valence-corrected chi connectivity index (χ2v) is 4.35. The SMILES string of the molecule is CC(=O)NS(=O)(=O)NC1CCC1. The van der Waals surface area contributed by atoms with Crippen LogP contribution >= 0.6 is 0 Å². The quantitative estimate of drug-likeness (QED) is 0.633. The van der Waals surface area contributed by atoms with Crippen molar-refractivity contribution < 1.29 is 13.2 Å². The summed E-state index contributed by atoms with van der Waals surface area (Å²) in [6, 6.07) is 0.0156. The van der Waals surface area contributed by atoms with Crippen LogP contribution in [0.4, 0.5) is 0 Å². The molecule has 1 amide bonds. The number of carbonyl (C=O) groups excluding carboxylic acids is 1. The standard InChI is InChI=1S/C6H12N2O3S/c1-5(9)7-12(10,11)8-6-3-2-4-6/h6,8H,2-4H2,1H3,(H,7,9). The molecular weight excluding hydrogens is 180 g/mol. The van der Waals surface area contributed by atoms with Gasteiger partial charge in [0.05, 0.1) is 0 Å². The second-order valence-electron chi connectivity index (χ2n) is 2.91. The summed E-state index contributed by atoms with van der Waals surface area (Å²) in [5, 5.41) is 0. The van der Waals surface area contributed by atoms with E-state index in [9.17, 15) is 13.2 Å². The van der Waals surface area contributed by atoms with Crippen molar-refractivity contribution in [3.63, 3.8) is 0 Å². The zero-order valence-corrected chi connectivity index (χ0v) is 7.65. The highest BCUT2D eigenvalue weighted by atomic mass is 32.2. The zero-order valence-electron chi connectivity index (χ0n) is 6.83. The minimum atomic E-state index is -3.59. The average molecular weight is 192 g/mol. The molecule has 1 aliphatic carbocycles. The Labute approximate surface area is 71.7 Å². The molecule has 0 aromatic rings. The normalized spacial score (nSPS) is 18.4. The summed E-state index contributed by atoms with van der Waals surface area (Å²) >= 11 is 0. The topological polar surface area (TPSA) is 75.3 Å². The van der Waals surface area contributed by atoms with Crippen molar-refractivity contribution in [3.05, 3.63) is 0 Å². The highest BCUT2D eigenvalue weighted by molar-refractivity contribution is 7.88. The molecular formula is C6H12N2O3S. The third-order valence-corrected chi connectivity index (χ3v) is 2.90. The molecule has 0 radical (unpaired) electrons. The van der Waals surface area contributed by atoms with Gasteiger partial charge in [0, 0.05) is 13.0 Å². The van der Waals surface area contributed by atoms with Crippen molar-refractivity contribution in [2.75, 3.05) is 0 Å². The molecule has 0 aromatic carbocycles. The molecule has 5 nitrogen and oxygen atoms in total. The van der Waals surface area contributed by atoms with E-state index < -0.39 is 16.1 Å². The number of carbonyl (C=O) groups is 1. The second kappa shape index (κ2) is 3.40. The lowest BCUT2D eigenvalue weighted by molar-refractivity contribution is -0.117. The first kappa shape index (κ1) is 9.47. The summed E-state index contributed by atoms with van der Waals surface area (Å²) in [6.07, 6.45) is 2.77. The van der Waals surface area contributed by atoms with E-state index in [0.29, 0.717) is 0 Å². The molecule has 0 aromatic heterocycles. The Hall–Kier alpha value is -0.620. The minimum Gasteiger partial charge on any atom is -0.274 e. The number of hydrogen-bond donors (Lipinski definition) is 2. The first-order valence-corrected chi connectivity index (χ1v) is 5.28. The van der Waals surface area contributed by atoms with Gasteiger partial charge in [-0.25, -0.2) is 4.72 Å². The summed E-state index contributed by atoms with van der Waals surface area (Å²) in [4.78, 5) is 10.4. The van der Waals surface area contributed by atoms with Crippen LogP contribution in [0.5, 0.6) is 0 Å². The van der Waals surface area contributed by atoms with Crippen molar-refractivity contribution >= 4 is 16.1 Å². The summed E-state index contributed by atoms with van der Waals surface area (Å²) in [6.45, 7) is 1.17. The smallest absolute Gasteiger partial charge is 0.274 e. The maximum atomic E-state index is 11.0. The molecule has 1 rings (SSSR count). The first-order valence-electron chi connectivity index (χ1n) is 3.80. The fourth-order valence-electron chi connectivity index (χ4n) is 0.964. The molecule has 12 heavy (non-hydrogen) atoms. The van der Waals surface area contributed by atoms with Gasteiger partial charge in [0.25, 0.3) is 0 Å². The van der Waals surface area contributed by atoms with E-state index in [0.717, 1.165) is 19.3 Å². The Morgan fingerprint density at radius 2 is 2.00 bits per heavy atom. The van der Waals surface area contributed by atoms with Gasteiger partial charge in [-0.3, -0.25) is 4.79 Å². The van der Waals surface area contributed by atoms with Crippen molar-refractivity contribution in [2.45, 2.75) is 32.2 Å². The fraction of sp³-hybridized carbons (Fsp3) is 0.833. The summed E-state index contributed by atoms with van der Waals surface area (Å²) in [5.74, 6) is -0.568. The highest BCUT2D eigenvalue weighted by Crippen LogP contribution is 2.18. The van der Waals surface area contributed by atoms with E-state index in [4.69, 9.17) is 0 Å². The summed E-state index contributed by atoms with van der Waals surface area (Å²) in [7, 11) is -3.59. The largest absolute Gasteiger partial charge is 0.301 e. The van der Waals surface area contributed by atoms with Crippen LogP contribution in [-0.2, 0) is 15.0 Å². The lowest BCUT2D eigenvalue weighted by Gasteiger charge is -2.25. The molecule has 0 bridgehead atoms. The van der Waals surface area contributed by atoms with Crippen molar-refractivity contribution in [1.29, 1.82) is 0 Å². The Kier molecular flexibility index (Phi) is 2.69. The fourth-order valence-corrected chi connectivity index (χ4v) is 2.08. The predicted molar refractivity (Wildman–Crippen MR) is 43.5 cm³/mol. The number of hydrogen-bond acceptors (Lipinski definition) is 3. The molecule has 0 spiro atoms. The van der Waals surface area contributed by atoms with E-state index in [2.05, 4.69) is 4.72 Å². The summed E-state index contributed by atoms with van der Waals surface area (Å²) < 4.78 is 26.2. The van der Waals surface area contributed by atoms with Crippen LogP contribution in [0, 0.1) is 0 Å². The van der Waals surface area contributed by atoms with Crippen molar-refractivity contribution in [3.8, 4) is 0 Å². The van der Waals surface area contributed by atoms with Crippen LogP contribution < -0.4 is 9.44 Å². The molecule has 70 valence electrons. The van der Waals surface area contributed by atoms with E-state index in [-0.39, 0.29) is 6.04 Å². The Morgan fingerprint density at radius 1 is 1.42 bits per heavy atom. The number of rotatable bonds is 3. The predicted octanol–water partition coefficient (Wildman–Crippen LogP) is -0.491. The lowest BCUT2D eigenvalue weighted by Crippen LogP contribution is -2.46. The Morgan fingerprint density at radius 3 is 2.33 bits per heavy atom. The number of nitrogens with one attached hydrogen (secondary N) is 2. The number of amides is 1. The van der Waals surface area contributed by atoms with Crippen LogP contribution in [0.2, 0.25) is 0 Å². The molecule has 1 fully saturated rings. The molecule has 0 saturated heterocycles. The summed E-state index contributed by atoms with van der Waals surface area (Å²) in [5.41, 5.74) is 0. The molecule has 0 aliphatic heterocycles. The molecule has 0 heterocycles. The van der Waals surface area contributed by atoms with E-state index >= 15 is 0 Å². The zero-order chi connectivity index (χ0) is 9.19. The highest BCUT2D eigenvalue weighted by Gasteiger charge is 2.23. The van der Waals surface area contributed by atoms with E-state index in [1.165, 1.54) is 6.92 Å². The first-order chi connectivity index (χ1) is 5.49. The van der Waals surface area contributed by atoms with Gasteiger partial charge in [-0.2, -0.15) is 13.1 Å². The Bertz CT molecular complexity index is 269. The maximum absolute atomic E-state index is 11.0. The van der Waals surface area contributed by atoms with Crippen molar-refractivity contribution in [2.24, 2.45) is 0 Å². The monoisotopic (exact) mass is 192 g/mol. The molecule has 2 N–H and O–H groups in total. The lowest BCUT2D eigenvalue weighted by atomic mass is 9.94. The molecule has 1 saturated carbocycles. The molecule has 1 aliphatic rings. The molecule has 0 atom stereocenters. The van der Waals surface area contributed by atoms with Gasteiger partial charge in [-0.15, -0.1) is 0 Å². The third kappa shape index (κ3) is 2.78. The Balaban J connectivity index is 2.42. The average Bonchev–Trinajstić information content (AvgIpc) is 1.76. The molecule has 6 heteroatoms. The van der Waals surface area contributed by atoms with E-state index in [1.807, 2.05) is 4.72 Å². The van der Waals surface area contributed by atoms with Gasteiger partial charge >= 0.3 is 10.2 Å².